The molecule has 10 nitrogen and oxygen atoms in total. The Morgan fingerprint density at radius 3 is 1.93 bits per heavy atom. The number of nitrogens with one attached hydrogen (secondary N) is 4. The van der Waals surface area contributed by atoms with Crippen molar-refractivity contribution in [2.75, 3.05) is 19.6 Å². The number of unbranched alkanes of at least 4 members (excludes halogenated alkanes) is 3. The van der Waals surface area contributed by atoms with Gasteiger partial charge in [-0.1, -0.05) is 33.6 Å². The molecule has 0 aliphatic heterocycles. The summed E-state index contributed by atoms with van der Waals surface area (Å²) < 4.78 is 0. The van der Waals surface area contributed by atoms with Crippen LogP contribution in [-0.4, -0.2) is 66.3 Å². The predicted molar refractivity (Wildman–Crippen MR) is 104 cm³/mol. The summed E-state index contributed by atoms with van der Waals surface area (Å²) in [6.07, 6.45) is 1.93. The largest absolute Gasteiger partial charge is 0.465 e. The van der Waals surface area contributed by atoms with Gasteiger partial charge in [-0.15, -0.1) is 0 Å². The quantitative estimate of drug-likeness (QED) is 0.175. The van der Waals surface area contributed by atoms with Gasteiger partial charge in [0.05, 0.1) is 12.1 Å². The Balaban J connectivity index is 3.92. The standard InChI is InChI=1S/C18H34N4O6/c1-12(2)15(16(24)22-18(27)28)20-9-7-5-4-6-8-19-14(11-23)13(3)10-21-17(25)26/h11-15,19-21H,4-10H2,1-3H3,(H,22,24)(H,25,26)(H,27,28). The molecule has 3 atom stereocenters. The van der Waals surface area contributed by atoms with Crippen LogP contribution in [0.25, 0.3) is 0 Å². The van der Waals surface area contributed by atoms with Crippen molar-refractivity contribution in [3.05, 3.63) is 0 Å². The molecule has 162 valence electrons. The maximum Gasteiger partial charge on any atom is 0.411 e. The topological polar surface area (TPSA) is 157 Å². The van der Waals surface area contributed by atoms with Gasteiger partial charge in [-0.25, -0.2) is 9.59 Å². The second-order valence-corrected chi connectivity index (χ2v) is 7.16. The van der Waals surface area contributed by atoms with Gasteiger partial charge < -0.3 is 31.0 Å². The van der Waals surface area contributed by atoms with Crippen LogP contribution in [0.4, 0.5) is 9.59 Å². The minimum atomic E-state index is -1.35. The van der Waals surface area contributed by atoms with Crippen LogP contribution < -0.4 is 21.3 Å². The van der Waals surface area contributed by atoms with Gasteiger partial charge in [0.2, 0.25) is 5.91 Å². The molecule has 6 N–H and O–H groups in total. The molecule has 0 aliphatic rings. The molecular weight excluding hydrogens is 368 g/mol. The van der Waals surface area contributed by atoms with Gasteiger partial charge in [0.15, 0.2) is 0 Å². The van der Waals surface area contributed by atoms with Crippen molar-refractivity contribution >= 4 is 24.4 Å². The molecule has 0 aromatic heterocycles. The van der Waals surface area contributed by atoms with Crippen molar-refractivity contribution in [3.63, 3.8) is 0 Å². The molecule has 0 fully saturated rings. The van der Waals surface area contributed by atoms with Gasteiger partial charge in [0, 0.05) is 6.54 Å². The van der Waals surface area contributed by atoms with Gasteiger partial charge in [-0.2, -0.15) is 0 Å². The molecule has 0 aromatic rings. The first-order valence-corrected chi connectivity index (χ1v) is 9.61. The van der Waals surface area contributed by atoms with Gasteiger partial charge >= 0.3 is 12.2 Å². The van der Waals surface area contributed by atoms with Crippen molar-refractivity contribution in [1.29, 1.82) is 0 Å². The Morgan fingerprint density at radius 1 is 0.893 bits per heavy atom. The van der Waals surface area contributed by atoms with E-state index in [1.807, 2.05) is 19.2 Å². The summed E-state index contributed by atoms with van der Waals surface area (Å²) >= 11 is 0. The predicted octanol–water partition coefficient (Wildman–Crippen LogP) is 1.02. The summed E-state index contributed by atoms with van der Waals surface area (Å²) in [6.45, 7) is 6.98. The summed E-state index contributed by atoms with van der Waals surface area (Å²) in [4.78, 5) is 44.0. The summed E-state index contributed by atoms with van der Waals surface area (Å²) in [5.41, 5.74) is 0. The second kappa shape index (κ2) is 14.8. The van der Waals surface area contributed by atoms with Crippen LogP contribution in [0.2, 0.25) is 0 Å². The average Bonchev–Trinajstić information content (AvgIpc) is 2.60. The lowest BCUT2D eigenvalue weighted by atomic mass is 10.0. The number of amides is 3. The third-order valence-electron chi connectivity index (χ3n) is 4.36. The summed E-state index contributed by atoms with van der Waals surface area (Å²) in [6, 6.07) is -0.944. The van der Waals surface area contributed by atoms with Crippen molar-refractivity contribution in [2.24, 2.45) is 11.8 Å². The lowest BCUT2D eigenvalue weighted by Gasteiger charge is -2.21. The maximum absolute atomic E-state index is 11.8. The van der Waals surface area contributed by atoms with Crippen LogP contribution in [0, 0.1) is 11.8 Å². The fourth-order valence-corrected chi connectivity index (χ4v) is 2.70. The highest BCUT2D eigenvalue weighted by molar-refractivity contribution is 5.94. The molecule has 0 heterocycles. The van der Waals surface area contributed by atoms with E-state index >= 15 is 0 Å². The van der Waals surface area contributed by atoms with Crippen LogP contribution in [-0.2, 0) is 9.59 Å². The van der Waals surface area contributed by atoms with E-state index in [0.717, 1.165) is 32.0 Å². The Kier molecular flexibility index (Phi) is 13.6. The molecule has 28 heavy (non-hydrogen) atoms. The Morgan fingerprint density at radius 2 is 1.46 bits per heavy atom. The molecule has 0 saturated heterocycles. The highest BCUT2D eigenvalue weighted by Crippen LogP contribution is 2.05. The third kappa shape index (κ3) is 12.2. The van der Waals surface area contributed by atoms with E-state index in [1.54, 1.807) is 6.92 Å². The van der Waals surface area contributed by atoms with Crippen LogP contribution in [0.3, 0.4) is 0 Å². The van der Waals surface area contributed by atoms with Crippen molar-refractivity contribution in [3.8, 4) is 0 Å². The van der Waals surface area contributed by atoms with E-state index in [4.69, 9.17) is 10.2 Å². The zero-order chi connectivity index (χ0) is 21.5. The van der Waals surface area contributed by atoms with Crippen LogP contribution in [0.5, 0.6) is 0 Å². The Labute approximate surface area is 165 Å². The fraction of sp³-hybridized carbons (Fsp3) is 0.778. The SMILES string of the molecule is CC(C)C(NCCCCCCNC(C=O)C(C)CNC(=O)O)C(=O)NC(=O)O. The number of rotatable bonds is 15. The van der Waals surface area contributed by atoms with Crippen molar-refractivity contribution in [2.45, 2.75) is 58.5 Å². The van der Waals surface area contributed by atoms with Crippen LogP contribution in [0.1, 0.15) is 46.5 Å². The molecule has 10 heteroatoms. The second-order valence-electron chi connectivity index (χ2n) is 7.16. The molecule has 0 spiro atoms. The molecule has 0 aromatic carbocycles. The minimum absolute atomic E-state index is 0.0265. The van der Waals surface area contributed by atoms with E-state index < -0.39 is 30.2 Å². The number of carboxylic acid groups (broad SMARTS) is 2. The Bertz CT molecular complexity index is 500. The average molecular weight is 402 g/mol. The fourth-order valence-electron chi connectivity index (χ4n) is 2.70. The van der Waals surface area contributed by atoms with Gasteiger partial charge in [0.1, 0.15) is 6.29 Å². The monoisotopic (exact) mass is 402 g/mol. The zero-order valence-corrected chi connectivity index (χ0v) is 16.9. The highest BCUT2D eigenvalue weighted by Gasteiger charge is 2.22. The van der Waals surface area contributed by atoms with Crippen LogP contribution >= 0.6 is 0 Å². The first-order chi connectivity index (χ1) is 13.2. The number of aldehydes is 1. The maximum atomic E-state index is 11.8. The lowest BCUT2D eigenvalue weighted by Crippen LogP contribution is -2.49. The molecular formula is C18H34N4O6. The zero-order valence-electron chi connectivity index (χ0n) is 16.9. The molecule has 0 bridgehead atoms. The van der Waals surface area contributed by atoms with Crippen molar-refractivity contribution < 1.29 is 29.4 Å². The van der Waals surface area contributed by atoms with Gasteiger partial charge in [0.25, 0.3) is 0 Å². The lowest BCUT2D eigenvalue weighted by molar-refractivity contribution is -0.123. The number of hydrogen-bond acceptors (Lipinski definition) is 6. The smallest absolute Gasteiger partial charge is 0.411 e. The third-order valence-corrected chi connectivity index (χ3v) is 4.36. The first-order valence-electron chi connectivity index (χ1n) is 9.61. The summed E-state index contributed by atoms with van der Waals surface area (Å²) in [5, 5.41) is 27.6. The molecule has 0 aliphatic carbocycles. The number of hydrogen-bond donors (Lipinski definition) is 6. The van der Waals surface area contributed by atoms with Crippen LogP contribution in [0.15, 0.2) is 0 Å². The summed E-state index contributed by atoms with van der Waals surface area (Å²) in [7, 11) is 0. The van der Waals surface area contributed by atoms with E-state index in [1.165, 1.54) is 0 Å². The number of carbonyl (C=O) groups is 4. The van der Waals surface area contributed by atoms with E-state index in [-0.39, 0.29) is 18.4 Å². The number of imide groups is 1. The minimum Gasteiger partial charge on any atom is -0.465 e. The van der Waals surface area contributed by atoms with E-state index in [2.05, 4.69) is 16.0 Å². The van der Waals surface area contributed by atoms with Gasteiger partial charge in [-0.3, -0.25) is 10.1 Å². The highest BCUT2D eigenvalue weighted by atomic mass is 16.4. The molecule has 0 saturated carbocycles. The Hall–Kier alpha value is -2.20. The molecule has 3 amide bonds. The van der Waals surface area contributed by atoms with Crippen molar-refractivity contribution in [1.82, 2.24) is 21.3 Å². The first kappa shape index (κ1) is 25.8. The molecule has 0 radical (unpaired) electrons. The van der Waals surface area contributed by atoms with E-state index in [9.17, 15) is 19.2 Å². The normalized spacial score (nSPS) is 14.1. The van der Waals surface area contributed by atoms with E-state index in [0.29, 0.717) is 13.1 Å². The summed E-state index contributed by atoms with van der Waals surface area (Å²) in [5.74, 6) is -0.706. The molecule has 3 unspecified atom stereocenters. The van der Waals surface area contributed by atoms with Gasteiger partial charge in [-0.05, 0) is 37.8 Å². The number of carbonyl (C=O) groups excluding carboxylic acids is 2. The molecule has 0 rings (SSSR count).